The van der Waals surface area contributed by atoms with E-state index in [2.05, 4.69) is 15.8 Å². The van der Waals surface area contributed by atoms with Crippen molar-refractivity contribution in [3.05, 3.63) is 27.8 Å². The topological polar surface area (TPSA) is 109 Å². The van der Waals surface area contributed by atoms with Crippen molar-refractivity contribution in [1.29, 1.82) is 0 Å². The lowest BCUT2D eigenvalue weighted by atomic mass is 10.1. The highest BCUT2D eigenvalue weighted by molar-refractivity contribution is 7.80. The quantitative estimate of drug-likeness (QED) is 0.316. The van der Waals surface area contributed by atoms with Crippen LogP contribution in [0.5, 0.6) is 11.5 Å². The monoisotopic (exact) mass is 312 g/mol. The summed E-state index contributed by atoms with van der Waals surface area (Å²) in [6.07, 6.45) is 1.23. The van der Waals surface area contributed by atoms with Gasteiger partial charge in [-0.3, -0.25) is 15.5 Å². The molecule has 0 atom stereocenters. The van der Waals surface area contributed by atoms with Crippen LogP contribution in [0.25, 0.3) is 0 Å². The predicted molar refractivity (Wildman–Crippen MR) is 82.9 cm³/mol. The Kier molecular flexibility index (Phi) is 6.34. The van der Waals surface area contributed by atoms with Crippen LogP contribution in [-0.2, 0) is 0 Å². The van der Waals surface area contributed by atoms with Crippen LogP contribution in [0.1, 0.15) is 19.4 Å². The molecule has 8 nitrogen and oxygen atoms in total. The number of nitro groups is 1. The number of hydrogen-bond acceptors (Lipinski definition) is 6. The normalized spacial score (nSPS) is 10.4. The van der Waals surface area contributed by atoms with Crippen LogP contribution >= 0.6 is 12.2 Å². The fourth-order valence-corrected chi connectivity index (χ4v) is 1.64. The van der Waals surface area contributed by atoms with E-state index in [-0.39, 0.29) is 29.4 Å². The maximum Gasteiger partial charge on any atom is 0.274 e. The molecule has 21 heavy (non-hydrogen) atoms. The van der Waals surface area contributed by atoms with Gasteiger partial charge in [0.05, 0.1) is 23.8 Å². The number of phenolic OH excluding ortho intramolecular Hbond substituents is 1. The molecular weight excluding hydrogens is 296 g/mol. The molecule has 0 saturated carbocycles. The summed E-state index contributed by atoms with van der Waals surface area (Å²) in [5, 5.41) is 27.8. The number of thiocarbonyl (C=S) groups is 1. The van der Waals surface area contributed by atoms with Crippen LogP contribution in [0.4, 0.5) is 5.69 Å². The van der Waals surface area contributed by atoms with E-state index in [9.17, 15) is 15.2 Å². The fraction of sp³-hybridized carbons (Fsp3) is 0.333. The molecule has 1 aromatic carbocycles. The van der Waals surface area contributed by atoms with Gasteiger partial charge in [0.1, 0.15) is 0 Å². The van der Waals surface area contributed by atoms with Crippen molar-refractivity contribution in [2.75, 3.05) is 13.2 Å². The number of nitrogens with one attached hydrogen (secondary N) is 2. The molecule has 0 fully saturated rings. The van der Waals surface area contributed by atoms with Gasteiger partial charge in [0.15, 0.2) is 16.6 Å². The maximum absolute atomic E-state index is 10.9. The first kappa shape index (κ1) is 16.6. The van der Waals surface area contributed by atoms with Crippen molar-refractivity contribution in [2.45, 2.75) is 13.8 Å². The van der Waals surface area contributed by atoms with Crippen molar-refractivity contribution >= 4 is 29.2 Å². The van der Waals surface area contributed by atoms with Gasteiger partial charge in [0.25, 0.3) is 5.69 Å². The second-order valence-electron chi connectivity index (χ2n) is 3.80. The number of non-ortho nitro benzene ring substituents is 1. The highest BCUT2D eigenvalue weighted by Gasteiger charge is 2.16. The lowest BCUT2D eigenvalue weighted by molar-refractivity contribution is -0.385. The molecule has 3 N–H and O–H groups in total. The Hall–Kier alpha value is -2.42. The Morgan fingerprint density at radius 3 is 2.86 bits per heavy atom. The lowest BCUT2D eigenvalue weighted by Gasteiger charge is -2.08. The van der Waals surface area contributed by atoms with Crippen molar-refractivity contribution in [3.63, 3.8) is 0 Å². The number of hydrogen-bond donors (Lipinski definition) is 3. The summed E-state index contributed by atoms with van der Waals surface area (Å²) < 4.78 is 5.16. The van der Waals surface area contributed by atoms with Crippen LogP contribution in [0.3, 0.4) is 0 Å². The van der Waals surface area contributed by atoms with E-state index in [0.29, 0.717) is 11.7 Å². The van der Waals surface area contributed by atoms with Gasteiger partial charge < -0.3 is 15.2 Å². The molecule has 1 rings (SSSR count). The summed E-state index contributed by atoms with van der Waals surface area (Å²) in [5.41, 5.74) is 2.48. The SMILES string of the molecule is CCNC(=S)NN=Cc1cc([N+](=O)[O-])cc(OCC)c1O. The van der Waals surface area contributed by atoms with Gasteiger partial charge in [0, 0.05) is 18.2 Å². The molecule has 114 valence electrons. The fourth-order valence-electron chi connectivity index (χ4n) is 1.44. The van der Waals surface area contributed by atoms with Gasteiger partial charge in [-0.15, -0.1) is 0 Å². The number of aromatic hydroxyl groups is 1. The first-order chi connectivity index (χ1) is 9.99. The number of nitrogens with zero attached hydrogens (tertiary/aromatic N) is 2. The minimum absolute atomic E-state index is 0.0300. The van der Waals surface area contributed by atoms with Crippen LogP contribution in [0, 0.1) is 10.1 Å². The summed E-state index contributed by atoms with van der Waals surface area (Å²) in [6, 6.07) is 2.35. The molecule has 0 saturated heterocycles. The molecule has 0 aliphatic carbocycles. The number of benzene rings is 1. The third-order valence-electron chi connectivity index (χ3n) is 2.31. The minimum atomic E-state index is -0.573. The largest absolute Gasteiger partial charge is 0.504 e. The molecule has 0 aromatic heterocycles. The van der Waals surface area contributed by atoms with Crippen LogP contribution in [-0.4, -0.2) is 34.5 Å². The van der Waals surface area contributed by atoms with Gasteiger partial charge in [-0.1, -0.05) is 0 Å². The first-order valence-corrected chi connectivity index (χ1v) is 6.61. The van der Waals surface area contributed by atoms with Crippen molar-refractivity contribution in [3.8, 4) is 11.5 Å². The summed E-state index contributed by atoms with van der Waals surface area (Å²) in [4.78, 5) is 10.3. The number of nitro benzene ring substituents is 1. The van der Waals surface area contributed by atoms with Crippen LogP contribution in [0.2, 0.25) is 0 Å². The molecule has 0 amide bonds. The van der Waals surface area contributed by atoms with E-state index in [1.165, 1.54) is 12.3 Å². The van der Waals surface area contributed by atoms with Gasteiger partial charge in [-0.2, -0.15) is 5.10 Å². The van der Waals surface area contributed by atoms with E-state index in [4.69, 9.17) is 17.0 Å². The number of rotatable bonds is 6. The van der Waals surface area contributed by atoms with Crippen molar-refractivity contribution in [2.24, 2.45) is 5.10 Å². The molecular formula is C12H16N4O4S. The van der Waals surface area contributed by atoms with Gasteiger partial charge >= 0.3 is 0 Å². The zero-order chi connectivity index (χ0) is 15.8. The molecule has 0 heterocycles. The third kappa shape index (κ3) is 4.88. The second-order valence-corrected chi connectivity index (χ2v) is 4.21. The Balaban J connectivity index is 3.01. The first-order valence-electron chi connectivity index (χ1n) is 6.20. The van der Waals surface area contributed by atoms with Gasteiger partial charge in [0.2, 0.25) is 0 Å². The lowest BCUT2D eigenvalue weighted by Crippen LogP contribution is -2.31. The Morgan fingerprint density at radius 2 is 2.29 bits per heavy atom. The third-order valence-corrected chi connectivity index (χ3v) is 2.54. The van der Waals surface area contributed by atoms with Crippen LogP contribution in [0.15, 0.2) is 17.2 Å². The van der Waals surface area contributed by atoms with E-state index < -0.39 is 4.92 Å². The van der Waals surface area contributed by atoms with Gasteiger partial charge in [-0.05, 0) is 26.1 Å². The summed E-state index contributed by atoms with van der Waals surface area (Å²) >= 11 is 4.90. The maximum atomic E-state index is 10.9. The number of ether oxygens (including phenoxy) is 1. The van der Waals surface area contributed by atoms with E-state index >= 15 is 0 Å². The summed E-state index contributed by atoms with van der Waals surface area (Å²) in [6.45, 7) is 4.49. The van der Waals surface area contributed by atoms with Crippen molar-refractivity contribution in [1.82, 2.24) is 10.7 Å². The highest BCUT2D eigenvalue weighted by atomic mass is 32.1. The molecule has 0 radical (unpaired) electrons. The second kappa shape index (κ2) is 8.00. The average molecular weight is 312 g/mol. The average Bonchev–Trinajstić information content (AvgIpc) is 2.43. The van der Waals surface area contributed by atoms with E-state index in [0.717, 1.165) is 6.07 Å². The zero-order valence-corrected chi connectivity index (χ0v) is 12.4. The number of hydrazone groups is 1. The Morgan fingerprint density at radius 1 is 1.57 bits per heavy atom. The van der Waals surface area contributed by atoms with E-state index in [1.807, 2.05) is 6.92 Å². The smallest absolute Gasteiger partial charge is 0.274 e. The highest BCUT2D eigenvalue weighted by Crippen LogP contribution is 2.33. The summed E-state index contributed by atoms with van der Waals surface area (Å²) in [7, 11) is 0. The molecule has 0 aliphatic rings. The standard InChI is InChI=1S/C12H16N4O4S/c1-3-13-12(21)15-14-7-8-5-9(16(18)19)6-10(11(8)17)20-4-2/h5-7,17H,3-4H2,1-2H3,(H2,13,15,21). The van der Waals surface area contributed by atoms with Crippen LogP contribution < -0.4 is 15.5 Å². The van der Waals surface area contributed by atoms with Crippen molar-refractivity contribution < 1.29 is 14.8 Å². The zero-order valence-electron chi connectivity index (χ0n) is 11.6. The minimum Gasteiger partial charge on any atom is -0.504 e. The molecule has 1 aromatic rings. The Bertz CT molecular complexity index is 562. The molecule has 0 aliphatic heterocycles. The van der Waals surface area contributed by atoms with E-state index in [1.54, 1.807) is 6.92 Å². The molecule has 0 bridgehead atoms. The molecule has 9 heteroatoms. The van der Waals surface area contributed by atoms with Gasteiger partial charge in [-0.25, -0.2) is 0 Å². The molecule has 0 unspecified atom stereocenters. The molecule has 0 spiro atoms. The Labute approximate surface area is 127 Å². The summed E-state index contributed by atoms with van der Waals surface area (Å²) in [5.74, 6) is -0.190. The predicted octanol–water partition coefficient (Wildman–Crippen LogP) is 1.52. The number of phenols is 1.